The molecule has 1 aromatic carbocycles. The molecular formula is C14H15Cl2NO. The smallest absolute Gasteiger partial charge is 0.157 e. The molecule has 1 aliphatic rings. The first-order chi connectivity index (χ1) is 8.35. The molecule has 0 radical (unpaired) electrons. The van der Waals surface area contributed by atoms with Crippen LogP contribution in [0.15, 0.2) is 30.0 Å². The molecule has 0 bridgehead atoms. The lowest BCUT2D eigenvalue weighted by Crippen LogP contribution is -2.24. The van der Waals surface area contributed by atoms with Gasteiger partial charge in [-0.15, -0.1) is 0 Å². The Bertz CT molecular complexity index is 521. The third kappa shape index (κ3) is 3.27. The van der Waals surface area contributed by atoms with Crippen molar-refractivity contribution in [2.24, 2.45) is 5.41 Å². The van der Waals surface area contributed by atoms with E-state index in [1.807, 2.05) is 6.07 Å². The Balaban J connectivity index is 2.18. The van der Waals surface area contributed by atoms with E-state index in [9.17, 15) is 4.79 Å². The molecule has 1 N–H and O–H groups in total. The standard InChI is InChI=1S/C14H15Cl2NO/c1-14(2)7-10(5-11(18)8-14)17-9-3-4-12(15)13(16)6-9/h3-6,17H,7-8H2,1-2H3. The molecule has 0 spiro atoms. The topological polar surface area (TPSA) is 29.1 Å². The van der Waals surface area contributed by atoms with Crippen molar-refractivity contribution < 1.29 is 4.79 Å². The highest BCUT2D eigenvalue weighted by Crippen LogP contribution is 2.34. The number of halogens is 2. The van der Waals surface area contributed by atoms with Gasteiger partial charge in [0.1, 0.15) is 0 Å². The fourth-order valence-electron chi connectivity index (χ4n) is 2.19. The molecule has 4 heteroatoms. The zero-order valence-electron chi connectivity index (χ0n) is 10.4. The number of anilines is 1. The van der Waals surface area contributed by atoms with Gasteiger partial charge in [-0.25, -0.2) is 0 Å². The van der Waals surface area contributed by atoms with E-state index < -0.39 is 0 Å². The third-order valence-electron chi connectivity index (χ3n) is 2.88. The van der Waals surface area contributed by atoms with Crippen molar-refractivity contribution in [1.29, 1.82) is 0 Å². The fourth-order valence-corrected chi connectivity index (χ4v) is 2.48. The van der Waals surface area contributed by atoms with Crippen LogP contribution in [0.4, 0.5) is 5.69 Å². The molecule has 0 aliphatic heterocycles. The Morgan fingerprint density at radius 1 is 1.17 bits per heavy atom. The zero-order valence-corrected chi connectivity index (χ0v) is 11.9. The maximum Gasteiger partial charge on any atom is 0.157 e. The fraction of sp³-hybridized carbons (Fsp3) is 0.357. The summed E-state index contributed by atoms with van der Waals surface area (Å²) in [5.41, 5.74) is 1.78. The third-order valence-corrected chi connectivity index (χ3v) is 3.62. The van der Waals surface area contributed by atoms with Crippen molar-refractivity contribution >= 4 is 34.7 Å². The number of benzene rings is 1. The van der Waals surface area contributed by atoms with Crippen LogP contribution < -0.4 is 5.32 Å². The zero-order chi connectivity index (χ0) is 13.3. The van der Waals surface area contributed by atoms with Crippen molar-refractivity contribution in [1.82, 2.24) is 0 Å². The SMILES string of the molecule is CC1(C)CC(=O)C=C(Nc2ccc(Cl)c(Cl)c2)C1. The summed E-state index contributed by atoms with van der Waals surface area (Å²) in [5.74, 6) is 0.161. The van der Waals surface area contributed by atoms with Gasteiger partial charge in [-0.3, -0.25) is 4.79 Å². The van der Waals surface area contributed by atoms with Crippen LogP contribution in [0, 0.1) is 5.41 Å². The van der Waals surface area contributed by atoms with Gasteiger partial charge in [0.2, 0.25) is 0 Å². The largest absolute Gasteiger partial charge is 0.359 e. The van der Waals surface area contributed by atoms with Gasteiger partial charge < -0.3 is 5.32 Å². The van der Waals surface area contributed by atoms with Gasteiger partial charge in [0.25, 0.3) is 0 Å². The lowest BCUT2D eigenvalue weighted by Gasteiger charge is -2.29. The minimum absolute atomic E-state index is 0.00435. The number of allylic oxidation sites excluding steroid dienone is 2. The first-order valence-corrected chi connectivity index (χ1v) is 6.57. The summed E-state index contributed by atoms with van der Waals surface area (Å²) in [7, 11) is 0. The van der Waals surface area contributed by atoms with Crippen LogP contribution in [0.1, 0.15) is 26.7 Å². The maximum atomic E-state index is 11.6. The molecule has 0 atom stereocenters. The molecule has 2 rings (SSSR count). The van der Waals surface area contributed by atoms with Crippen molar-refractivity contribution in [3.63, 3.8) is 0 Å². The average Bonchev–Trinajstić information content (AvgIpc) is 2.20. The molecule has 0 fully saturated rings. The van der Waals surface area contributed by atoms with Crippen LogP contribution >= 0.6 is 23.2 Å². The van der Waals surface area contributed by atoms with E-state index in [1.54, 1.807) is 18.2 Å². The Labute approximate surface area is 117 Å². The van der Waals surface area contributed by atoms with Gasteiger partial charge in [0.05, 0.1) is 10.0 Å². The van der Waals surface area contributed by atoms with Crippen molar-refractivity contribution in [2.45, 2.75) is 26.7 Å². The highest BCUT2D eigenvalue weighted by Gasteiger charge is 2.27. The van der Waals surface area contributed by atoms with Crippen LogP contribution in [-0.4, -0.2) is 5.78 Å². The lowest BCUT2D eigenvalue weighted by atomic mass is 9.79. The molecule has 1 aromatic rings. The number of hydrogen-bond donors (Lipinski definition) is 1. The van der Waals surface area contributed by atoms with Crippen molar-refractivity contribution in [3.05, 3.63) is 40.0 Å². The average molecular weight is 284 g/mol. The second-order valence-electron chi connectivity index (χ2n) is 5.41. The molecule has 0 aromatic heterocycles. The number of hydrogen-bond acceptors (Lipinski definition) is 2. The summed E-state index contributed by atoms with van der Waals surface area (Å²) >= 11 is 11.8. The molecule has 0 saturated carbocycles. The quantitative estimate of drug-likeness (QED) is 0.854. The molecule has 0 heterocycles. The van der Waals surface area contributed by atoms with Crippen molar-refractivity contribution in [2.75, 3.05) is 5.32 Å². The Kier molecular flexibility index (Phi) is 3.69. The van der Waals surface area contributed by atoms with Gasteiger partial charge in [-0.2, -0.15) is 0 Å². The number of rotatable bonds is 2. The maximum absolute atomic E-state index is 11.6. The summed E-state index contributed by atoms with van der Waals surface area (Å²) in [6.07, 6.45) is 3.12. The van der Waals surface area contributed by atoms with Crippen LogP contribution in [0.25, 0.3) is 0 Å². The highest BCUT2D eigenvalue weighted by atomic mass is 35.5. The molecule has 96 valence electrons. The normalized spacial score (nSPS) is 18.4. The highest BCUT2D eigenvalue weighted by molar-refractivity contribution is 6.42. The first-order valence-electron chi connectivity index (χ1n) is 5.81. The number of carbonyl (C=O) groups is 1. The van der Waals surface area contributed by atoms with Crippen LogP contribution in [0.2, 0.25) is 10.0 Å². The molecule has 1 aliphatic carbocycles. The predicted octanol–water partition coefficient (Wildman–Crippen LogP) is 4.68. The van der Waals surface area contributed by atoms with E-state index in [1.165, 1.54) is 0 Å². The Hall–Kier alpha value is -0.990. The second-order valence-corrected chi connectivity index (χ2v) is 6.22. The summed E-state index contributed by atoms with van der Waals surface area (Å²) in [6, 6.07) is 5.35. The molecule has 18 heavy (non-hydrogen) atoms. The van der Waals surface area contributed by atoms with Gasteiger partial charge >= 0.3 is 0 Å². The van der Waals surface area contributed by atoms with Crippen molar-refractivity contribution in [3.8, 4) is 0 Å². The summed E-state index contributed by atoms with van der Waals surface area (Å²) in [4.78, 5) is 11.6. The summed E-state index contributed by atoms with van der Waals surface area (Å²) < 4.78 is 0. The molecule has 0 unspecified atom stereocenters. The van der Waals surface area contributed by atoms with Crippen LogP contribution in [0.5, 0.6) is 0 Å². The number of nitrogens with one attached hydrogen (secondary N) is 1. The van der Waals surface area contributed by atoms with Gasteiger partial charge in [0.15, 0.2) is 5.78 Å². The van der Waals surface area contributed by atoms with Crippen LogP contribution in [-0.2, 0) is 4.79 Å². The van der Waals surface area contributed by atoms with Gasteiger partial charge in [-0.05, 0) is 30.0 Å². The monoisotopic (exact) mass is 283 g/mol. The van der Waals surface area contributed by atoms with E-state index in [-0.39, 0.29) is 11.2 Å². The van der Waals surface area contributed by atoms with Gasteiger partial charge in [-0.1, -0.05) is 37.0 Å². The number of ketones is 1. The first kappa shape index (κ1) is 13.4. The van der Waals surface area contributed by atoms with Crippen LogP contribution in [0.3, 0.4) is 0 Å². The van der Waals surface area contributed by atoms with Gasteiger partial charge in [0, 0.05) is 23.9 Å². The Morgan fingerprint density at radius 2 is 1.89 bits per heavy atom. The molecule has 0 saturated heterocycles. The minimum Gasteiger partial charge on any atom is -0.359 e. The summed E-state index contributed by atoms with van der Waals surface area (Å²) in [6.45, 7) is 4.18. The summed E-state index contributed by atoms with van der Waals surface area (Å²) in [5, 5.41) is 4.26. The predicted molar refractivity (Wildman–Crippen MR) is 76.2 cm³/mol. The van der Waals surface area contributed by atoms with E-state index in [0.717, 1.165) is 17.8 Å². The second kappa shape index (κ2) is 4.94. The van der Waals surface area contributed by atoms with E-state index in [0.29, 0.717) is 16.5 Å². The molecule has 0 amide bonds. The number of carbonyl (C=O) groups excluding carboxylic acids is 1. The Morgan fingerprint density at radius 3 is 2.50 bits per heavy atom. The van der Waals surface area contributed by atoms with E-state index in [4.69, 9.17) is 23.2 Å². The molecular weight excluding hydrogens is 269 g/mol. The lowest BCUT2D eigenvalue weighted by molar-refractivity contribution is -0.117. The minimum atomic E-state index is 0.00435. The van der Waals surface area contributed by atoms with E-state index >= 15 is 0 Å². The van der Waals surface area contributed by atoms with E-state index in [2.05, 4.69) is 19.2 Å². The molecule has 2 nitrogen and oxygen atoms in total.